The fourth-order valence-electron chi connectivity index (χ4n) is 1.19. The van der Waals surface area contributed by atoms with Gasteiger partial charge in [-0.1, -0.05) is 12.1 Å². The van der Waals surface area contributed by atoms with E-state index in [1.807, 2.05) is 11.4 Å². The first-order valence-electron chi connectivity index (χ1n) is 3.59. The largest absolute Gasteiger partial charge is 0.478 e. The van der Waals surface area contributed by atoms with Crippen molar-refractivity contribution in [2.75, 3.05) is 0 Å². The third-order valence-electron chi connectivity index (χ3n) is 1.78. The minimum absolute atomic E-state index is 0.369. The maximum Gasteiger partial charge on any atom is 0.337 e. The van der Waals surface area contributed by atoms with Gasteiger partial charge in [0, 0.05) is 19.9 Å². The van der Waals surface area contributed by atoms with Crippen LogP contribution < -0.4 is 0 Å². The Morgan fingerprint density at radius 2 is 2.23 bits per heavy atom. The molecule has 0 amide bonds. The fraction of sp³-hybridized carbons (Fsp3) is 0. The molecular formula is C9H5BrO2S. The highest BCUT2D eigenvalue weighted by Gasteiger charge is 2.10. The molecular weight excluding hydrogens is 252 g/mol. The smallest absolute Gasteiger partial charge is 0.337 e. The lowest BCUT2D eigenvalue weighted by Gasteiger charge is -1.95. The lowest BCUT2D eigenvalue weighted by molar-refractivity contribution is 0.0699. The van der Waals surface area contributed by atoms with Crippen molar-refractivity contribution in [2.45, 2.75) is 0 Å². The summed E-state index contributed by atoms with van der Waals surface area (Å²) in [6.45, 7) is 0. The van der Waals surface area contributed by atoms with Gasteiger partial charge in [0.15, 0.2) is 0 Å². The Kier molecular flexibility index (Phi) is 2.09. The summed E-state index contributed by atoms with van der Waals surface area (Å²) < 4.78 is 1.78. The van der Waals surface area contributed by atoms with Crippen molar-refractivity contribution in [1.29, 1.82) is 0 Å². The molecule has 4 heteroatoms. The second kappa shape index (κ2) is 3.12. The Labute approximate surface area is 86.9 Å². The summed E-state index contributed by atoms with van der Waals surface area (Å²) in [4.78, 5) is 10.8. The number of thiophene rings is 1. The summed E-state index contributed by atoms with van der Waals surface area (Å²) in [6.07, 6.45) is 0. The van der Waals surface area contributed by atoms with Gasteiger partial charge in [-0.05, 0) is 22.0 Å². The van der Waals surface area contributed by atoms with Crippen LogP contribution in [0.25, 0.3) is 10.1 Å². The molecule has 0 saturated heterocycles. The van der Waals surface area contributed by atoms with Crippen LogP contribution in [0.1, 0.15) is 10.4 Å². The van der Waals surface area contributed by atoms with E-state index in [2.05, 4.69) is 15.9 Å². The molecule has 1 aromatic carbocycles. The van der Waals surface area contributed by atoms with Gasteiger partial charge in [-0.3, -0.25) is 0 Å². The minimum Gasteiger partial charge on any atom is -0.478 e. The van der Waals surface area contributed by atoms with E-state index in [0.717, 1.165) is 14.6 Å². The number of hydrogen-bond donors (Lipinski definition) is 1. The highest BCUT2D eigenvalue weighted by molar-refractivity contribution is 9.10. The van der Waals surface area contributed by atoms with E-state index < -0.39 is 5.97 Å². The molecule has 1 N–H and O–H groups in total. The number of carboxylic acid groups (broad SMARTS) is 1. The zero-order valence-corrected chi connectivity index (χ0v) is 8.85. The Balaban J connectivity index is 2.84. The summed E-state index contributed by atoms with van der Waals surface area (Å²) in [5, 5.41) is 11.7. The van der Waals surface area contributed by atoms with Crippen LogP contribution in [0, 0.1) is 0 Å². The summed E-state index contributed by atoms with van der Waals surface area (Å²) in [5.41, 5.74) is 0.369. The van der Waals surface area contributed by atoms with Crippen LogP contribution in [0.4, 0.5) is 0 Å². The van der Waals surface area contributed by atoms with Crippen molar-refractivity contribution in [3.63, 3.8) is 0 Å². The number of aromatic carboxylic acids is 1. The van der Waals surface area contributed by atoms with Crippen LogP contribution in [0.2, 0.25) is 0 Å². The second-order valence-electron chi connectivity index (χ2n) is 2.57. The van der Waals surface area contributed by atoms with Crippen molar-refractivity contribution in [2.24, 2.45) is 0 Å². The number of benzene rings is 1. The molecule has 0 unspecified atom stereocenters. The number of carbonyl (C=O) groups is 1. The molecule has 0 aliphatic heterocycles. The maximum atomic E-state index is 10.8. The zero-order chi connectivity index (χ0) is 9.42. The first kappa shape index (κ1) is 8.72. The van der Waals surface area contributed by atoms with Crippen molar-refractivity contribution < 1.29 is 9.90 Å². The van der Waals surface area contributed by atoms with E-state index in [1.54, 1.807) is 12.1 Å². The fourth-order valence-corrected chi connectivity index (χ4v) is 2.87. The first-order chi connectivity index (χ1) is 6.20. The van der Waals surface area contributed by atoms with Crippen LogP contribution in [0.15, 0.2) is 28.1 Å². The standard InChI is InChI=1S/C9H5BrO2S/c10-7-4-13-8-5(7)2-1-3-6(8)9(11)12/h1-4H,(H,11,12). The van der Waals surface area contributed by atoms with Gasteiger partial charge in [-0.25, -0.2) is 4.79 Å². The van der Waals surface area contributed by atoms with E-state index >= 15 is 0 Å². The van der Waals surface area contributed by atoms with Gasteiger partial charge in [0.05, 0.1) is 5.56 Å². The highest BCUT2D eigenvalue weighted by Crippen LogP contribution is 2.32. The van der Waals surface area contributed by atoms with Gasteiger partial charge in [0.2, 0.25) is 0 Å². The van der Waals surface area contributed by atoms with Gasteiger partial charge in [-0.2, -0.15) is 0 Å². The first-order valence-corrected chi connectivity index (χ1v) is 5.26. The van der Waals surface area contributed by atoms with Gasteiger partial charge >= 0.3 is 5.97 Å². The molecule has 2 nitrogen and oxygen atoms in total. The van der Waals surface area contributed by atoms with Crippen molar-refractivity contribution in [1.82, 2.24) is 0 Å². The third-order valence-corrected chi connectivity index (χ3v) is 3.77. The van der Waals surface area contributed by atoms with Gasteiger partial charge in [0.1, 0.15) is 0 Å². The number of hydrogen-bond acceptors (Lipinski definition) is 2. The molecule has 0 radical (unpaired) electrons. The molecule has 0 saturated carbocycles. The monoisotopic (exact) mass is 256 g/mol. The lowest BCUT2D eigenvalue weighted by Crippen LogP contribution is -1.94. The molecule has 0 aliphatic rings. The van der Waals surface area contributed by atoms with Crippen molar-refractivity contribution in [3.8, 4) is 0 Å². The quantitative estimate of drug-likeness (QED) is 0.850. The van der Waals surface area contributed by atoms with Crippen LogP contribution in [0.5, 0.6) is 0 Å². The predicted molar refractivity (Wildman–Crippen MR) is 56.5 cm³/mol. The Morgan fingerprint density at radius 1 is 1.46 bits per heavy atom. The highest BCUT2D eigenvalue weighted by atomic mass is 79.9. The zero-order valence-electron chi connectivity index (χ0n) is 6.45. The summed E-state index contributed by atoms with van der Waals surface area (Å²) in [7, 11) is 0. The normalized spacial score (nSPS) is 10.5. The SMILES string of the molecule is O=C(O)c1cccc2c(Br)csc12. The summed E-state index contributed by atoms with van der Waals surface area (Å²) in [6, 6.07) is 5.28. The van der Waals surface area contributed by atoms with Crippen LogP contribution >= 0.6 is 27.3 Å². The van der Waals surface area contributed by atoms with Gasteiger partial charge in [0.25, 0.3) is 0 Å². The average Bonchev–Trinajstić information content (AvgIpc) is 2.48. The molecule has 2 rings (SSSR count). The molecule has 2 aromatic rings. The van der Waals surface area contributed by atoms with E-state index in [0.29, 0.717) is 5.56 Å². The minimum atomic E-state index is -0.875. The topological polar surface area (TPSA) is 37.3 Å². The molecule has 0 atom stereocenters. The van der Waals surface area contributed by atoms with E-state index in [1.165, 1.54) is 11.3 Å². The molecule has 0 aliphatic carbocycles. The van der Waals surface area contributed by atoms with Crippen LogP contribution in [-0.2, 0) is 0 Å². The van der Waals surface area contributed by atoms with Gasteiger partial charge in [-0.15, -0.1) is 11.3 Å². The Morgan fingerprint density at radius 3 is 2.92 bits per heavy atom. The van der Waals surface area contributed by atoms with Gasteiger partial charge < -0.3 is 5.11 Å². The summed E-state index contributed by atoms with van der Waals surface area (Å²) in [5.74, 6) is -0.875. The maximum absolute atomic E-state index is 10.8. The molecule has 1 heterocycles. The van der Waals surface area contributed by atoms with Crippen molar-refractivity contribution in [3.05, 3.63) is 33.6 Å². The molecule has 13 heavy (non-hydrogen) atoms. The second-order valence-corrected chi connectivity index (χ2v) is 4.31. The third kappa shape index (κ3) is 1.36. The molecule has 0 spiro atoms. The number of carboxylic acids is 1. The number of fused-ring (bicyclic) bond motifs is 1. The Hall–Kier alpha value is -0.870. The average molecular weight is 257 g/mol. The van der Waals surface area contributed by atoms with Crippen LogP contribution in [0.3, 0.4) is 0 Å². The molecule has 0 bridgehead atoms. The van der Waals surface area contributed by atoms with Crippen LogP contribution in [-0.4, -0.2) is 11.1 Å². The molecule has 1 aromatic heterocycles. The predicted octanol–water partition coefficient (Wildman–Crippen LogP) is 3.36. The van der Waals surface area contributed by atoms with E-state index in [-0.39, 0.29) is 0 Å². The molecule has 0 fully saturated rings. The summed E-state index contributed by atoms with van der Waals surface area (Å²) >= 11 is 4.81. The number of rotatable bonds is 1. The van der Waals surface area contributed by atoms with Crippen molar-refractivity contribution >= 4 is 43.3 Å². The number of halogens is 1. The van der Waals surface area contributed by atoms with E-state index in [9.17, 15) is 4.79 Å². The van der Waals surface area contributed by atoms with E-state index in [4.69, 9.17) is 5.11 Å². The lowest BCUT2D eigenvalue weighted by atomic mass is 10.2. The molecule has 66 valence electrons. The Bertz CT molecular complexity index is 475.